The number of rotatable bonds is 4. The monoisotopic (exact) mass is 275 g/mol. The molecule has 1 N–H and O–H groups in total. The zero-order chi connectivity index (χ0) is 14.7. The minimum Gasteiger partial charge on any atom is -0.376 e. The van der Waals surface area contributed by atoms with Crippen molar-refractivity contribution < 1.29 is 4.74 Å². The molecule has 2 heteroatoms. The van der Waals surface area contributed by atoms with Gasteiger partial charge in [-0.1, -0.05) is 13.0 Å². The van der Waals surface area contributed by atoms with Crippen LogP contribution in [0.15, 0.2) is 6.07 Å². The van der Waals surface area contributed by atoms with Crippen LogP contribution in [0.25, 0.3) is 0 Å². The van der Waals surface area contributed by atoms with Crippen LogP contribution in [0.4, 0.5) is 0 Å². The van der Waals surface area contributed by atoms with Crippen LogP contribution in [0, 0.1) is 27.7 Å². The fraction of sp³-hybridized carbons (Fsp3) is 0.667. The third kappa shape index (κ3) is 3.07. The first-order chi connectivity index (χ1) is 9.56. The molecular weight excluding hydrogens is 246 g/mol. The lowest BCUT2D eigenvalue weighted by atomic mass is 9.85. The molecule has 20 heavy (non-hydrogen) atoms. The van der Waals surface area contributed by atoms with Crippen molar-refractivity contribution in [2.24, 2.45) is 0 Å². The summed E-state index contributed by atoms with van der Waals surface area (Å²) in [6, 6.07) is 2.64. The molecule has 0 amide bonds. The Morgan fingerprint density at radius 3 is 2.30 bits per heavy atom. The average Bonchev–Trinajstić information content (AvgIpc) is 2.45. The predicted octanol–water partition coefficient (Wildman–Crippen LogP) is 4.14. The number of likely N-dealkylation sites (N-methyl/N-ethyl adjacent to an activating group) is 1. The Bertz CT molecular complexity index is 435. The van der Waals surface area contributed by atoms with Crippen molar-refractivity contribution in [2.45, 2.75) is 66.0 Å². The molecule has 0 spiro atoms. The van der Waals surface area contributed by atoms with E-state index in [-0.39, 0.29) is 0 Å². The quantitative estimate of drug-likeness (QED) is 0.891. The number of aryl methyl sites for hydroxylation is 2. The van der Waals surface area contributed by atoms with Crippen LogP contribution in [0.5, 0.6) is 0 Å². The van der Waals surface area contributed by atoms with Crippen LogP contribution >= 0.6 is 0 Å². The van der Waals surface area contributed by atoms with Crippen molar-refractivity contribution in [1.82, 2.24) is 5.32 Å². The fourth-order valence-electron chi connectivity index (χ4n) is 3.38. The van der Waals surface area contributed by atoms with Gasteiger partial charge in [0.15, 0.2) is 0 Å². The molecular formula is C18H29NO. The lowest BCUT2D eigenvalue weighted by molar-refractivity contribution is -0.00814. The maximum absolute atomic E-state index is 6.07. The molecule has 2 nitrogen and oxygen atoms in total. The Morgan fingerprint density at radius 2 is 1.80 bits per heavy atom. The van der Waals surface area contributed by atoms with Gasteiger partial charge in [-0.3, -0.25) is 0 Å². The van der Waals surface area contributed by atoms with Crippen LogP contribution in [0.1, 0.15) is 60.0 Å². The second-order valence-electron chi connectivity index (χ2n) is 6.11. The van der Waals surface area contributed by atoms with Crippen molar-refractivity contribution in [3.8, 4) is 0 Å². The minimum absolute atomic E-state index is 0.322. The van der Waals surface area contributed by atoms with Crippen molar-refractivity contribution >= 4 is 0 Å². The largest absolute Gasteiger partial charge is 0.376 e. The van der Waals surface area contributed by atoms with E-state index in [1.165, 1.54) is 47.1 Å². The smallest absolute Gasteiger partial charge is 0.0769 e. The number of hydrogen-bond acceptors (Lipinski definition) is 2. The summed E-state index contributed by atoms with van der Waals surface area (Å²) in [6.45, 7) is 13.0. The van der Waals surface area contributed by atoms with E-state index in [1.807, 2.05) is 0 Å². The lowest BCUT2D eigenvalue weighted by Crippen LogP contribution is -2.37. The van der Waals surface area contributed by atoms with Gasteiger partial charge in [-0.2, -0.15) is 0 Å². The van der Waals surface area contributed by atoms with E-state index < -0.39 is 0 Å². The molecule has 0 saturated carbocycles. The second-order valence-corrected chi connectivity index (χ2v) is 6.11. The number of nitrogens with one attached hydrogen (secondary N) is 1. The normalized spacial score (nSPS) is 20.9. The van der Waals surface area contributed by atoms with E-state index in [1.54, 1.807) is 0 Å². The molecule has 112 valence electrons. The van der Waals surface area contributed by atoms with E-state index in [0.717, 1.165) is 13.2 Å². The van der Waals surface area contributed by atoms with Gasteiger partial charge in [0.2, 0.25) is 0 Å². The molecule has 1 aromatic rings. The van der Waals surface area contributed by atoms with Gasteiger partial charge in [0.05, 0.1) is 12.1 Å². The molecule has 2 rings (SSSR count). The molecule has 0 aliphatic carbocycles. The van der Waals surface area contributed by atoms with E-state index in [0.29, 0.717) is 12.1 Å². The van der Waals surface area contributed by atoms with Gasteiger partial charge in [0, 0.05) is 6.61 Å². The van der Waals surface area contributed by atoms with Gasteiger partial charge in [-0.15, -0.1) is 0 Å². The van der Waals surface area contributed by atoms with E-state index >= 15 is 0 Å². The topological polar surface area (TPSA) is 21.3 Å². The second kappa shape index (κ2) is 6.73. The zero-order valence-electron chi connectivity index (χ0n) is 13.7. The highest BCUT2D eigenvalue weighted by Crippen LogP contribution is 2.33. The summed E-state index contributed by atoms with van der Waals surface area (Å²) < 4.78 is 6.07. The summed E-state index contributed by atoms with van der Waals surface area (Å²) in [7, 11) is 0. The van der Waals surface area contributed by atoms with Crippen LogP contribution in [0.2, 0.25) is 0 Å². The van der Waals surface area contributed by atoms with Crippen molar-refractivity contribution in [3.05, 3.63) is 33.9 Å². The molecule has 1 aromatic carbocycles. The summed E-state index contributed by atoms with van der Waals surface area (Å²) in [4.78, 5) is 0. The van der Waals surface area contributed by atoms with E-state index in [2.05, 4.69) is 46.0 Å². The van der Waals surface area contributed by atoms with E-state index in [9.17, 15) is 0 Å². The molecule has 2 unspecified atom stereocenters. The average molecular weight is 275 g/mol. The highest BCUT2D eigenvalue weighted by Gasteiger charge is 2.28. The van der Waals surface area contributed by atoms with Gasteiger partial charge >= 0.3 is 0 Å². The minimum atomic E-state index is 0.322. The summed E-state index contributed by atoms with van der Waals surface area (Å²) in [5.41, 5.74) is 7.10. The Kier molecular flexibility index (Phi) is 5.22. The van der Waals surface area contributed by atoms with Gasteiger partial charge < -0.3 is 10.1 Å². The number of benzene rings is 1. The first-order valence-electron chi connectivity index (χ1n) is 7.98. The predicted molar refractivity (Wildman–Crippen MR) is 85.4 cm³/mol. The third-order valence-corrected chi connectivity index (χ3v) is 4.75. The van der Waals surface area contributed by atoms with Crippen molar-refractivity contribution in [1.29, 1.82) is 0 Å². The summed E-state index contributed by atoms with van der Waals surface area (Å²) in [5.74, 6) is 0. The standard InChI is InChI=1S/C18H29NO/c1-6-19-18(16-9-7-8-10-20-16)17-14(4)12(2)11-13(3)15(17)5/h11,16,18-19H,6-10H2,1-5H3. The summed E-state index contributed by atoms with van der Waals surface area (Å²) in [5, 5.41) is 3.68. The fourth-order valence-corrected chi connectivity index (χ4v) is 3.38. The van der Waals surface area contributed by atoms with Crippen LogP contribution in [-0.4, -0.2) is 19.3 Å². The number of hydrogen-bond donors (Lipinski definition) is 1. The maximum Gasteiger partial charge on any atom is 0.0769 e. The maximum atomic E-state index is 6.07. The Morgan fingerprint density at radius 1 is 1.15 bits per heavy atom. The van der Waals surface area contributed by atoms with Crippen LogP contribution in [0.3, 0.4) is 0 Å². The van der Waals surface area contributed by atoms with Gasteiger partial charge in [0.1, 0.15) is 0 Å². The Hall–Kier alpha value is -0.860. The lowest BCUT2D eigenvalue weighted by Gasteiger charge is -2.34. The van der Waals surface area contributed by atoms with Crippen LogP contribution < -0.4 is 5.32 Å². The molecule has 1 aliphatic heterocycles. The van der Waals surface area contributed by atoms with Crippen molar-refractivity contribution in [3.63, 3.8) is 0 Å². The van der Waals surface area contributed by atoms with Crippen molar-refractivity contribution in [2.75, 3.05) is 13.2 Å². The SMILES string of the molecule is CCNC(c1c(C)c(C)cc(C)c1C)C1CCCCO1. The molecule has 1 heterocycles. The Balaban J connectivity index is 2.42. The molecule has 1 aliphatic rings. The highest BCUT2D eigenvalue weighted by molar-refractivity contribution is 5.46. The van der Waals surface area contributed by atoms with Gasteiger partial charge in [-0.05, 0) is 81.3 Å². The van der Waals surface area contributed by atoms with Gasteiger partial charge in [0.25, 0.3) is 0 Å². The molecule has 0 radical (unpaired) electrons. The molecule has 1 fully saturated rings. The molecule has 0 bridgehead atoms. The molecule has 2 atom stereocenters. The highest BCUT2D eigenvalue weighted by atomic mass is 16.5. The van der Waals surface area contributed by atoms with E-state index in [4.69, 9.17) is 4.74 Å². The summed E-state index contributed by atoms with van der Waals surface area (Å²) >= 11 is 0. The van der Waals surface area contributed by atoms with Crippen LogP contribution in [-0.2, 0) is 4.74 Å². The first kappa shape index (κ1) is 15.5. The zero-order valence-corrected chi connectivity index (χ0v) is 13.7. The Labute approximate surface area is 123 Å². The van der Waals surface area contributed by atoms with Gasteiger partial charge in [-0.25, -0.2) is 0 Å². The molecule has 0 aromatic heterocycles. The first-order valence-corrected chi connectivity index (χ1v) is 7.98. The third-order valence-electron chi connectivity index (χ3n) is 4.75. The molecule has 1 saturated heterocycles. The number of ether oxygens (including phenoxy) is 1. The summed E-state index contributed by atoms with van der Waals surface area (Å²) in [6.07, 6.45) is 3.99.